The van der Waals surface area contributed by atoms with Crippen molar-refractivity contribution in [2.75, 3.05) is 6.54 Å². The Labute approximate surface area is 273 Å². The molecule has 0 spiro atoms. The van der Waals surface area contributed by atoms with Crippen LogP contribution in [0.2, 0.25) is 0 Å². The lowest BCUT2D eigenvalue weighted by atomic mass is 9.99. The molecule has 46 heavy (non-hydrogen) atoms. The summed E-state index contributed by atoms with van der Waals surface area (Å²) >= 11 is 0. The zero-order valence-corrected chi connectivity index (χ0v) is 28.2. The third-order valence-corrected chi connectivity index (χ3v) is 7.74. The van der Waals surface area contributed by atoms with Gasteiger partial charge in [0.1, 0.15) is 30.2 Å². The van der Waals surface area contributed by atoms with E-state index in [4.69, 9.17) is 0 Å². The first-order valence-corrected chi connectivity index (χ1v) is 16.6. The maximum atomic E-state index is 13.6. The van der Waals surface area contributed by atoms with E-state index in [-0.39, 0.29) is 43.6 Å². The Morgan fingerprint density at radius 2 is 1.30 bits per heavy atom. The standard InChI is InChI=1S/C34H54N6O6/c1-7-8-9-13-16-29(41)37-28-20-35-31(43)27(19-24-14-11-10-12-15-24)38-30(42)23(6)36-32(44)25(17-21(2)3)39-33(45)26(18-22(4)5)40-34(28)46/h10-12,14-15,21-23,25-28H,7-9,13,16-20H2,1-6H3,(H,35,43)(H,36,44)(H,37,41)(H,38,42)(H,39,45)(H,40,46)/t23-,25-,26-,27-,28-/m0/s1. The van der Waals surface area contributed by atoms with Gasteiger partial charge in [0.15, 0.2) is 0 Å². The van der Waals surface area contributed by atoms with Crippen LogP contribution in [0.3, 0.4) is 0 Å². The van der Waals surface area contributed by atoms with Gasteiger partial charge in [-0.2, -0.15) is 0 Å². The second-order valence-electron chi connectivity index (χ2n) is 13.0. The molecule has 6 amide bonds. The van der Waals surface area contributed by atoms with E-state index in [1.54, 1.807) is 0 Å². The van der Waals surface area contributed by atoms with Gasteiger partial charge in [0.25, 0.3) is 0 Å². The fourth-order valence-corrected chi connectivity index (χ4v) is 5.20. The monoisotopic (exact) mass is 642 g/mol. The van der Waals surface area contributed by atoms with Gasteiger partial charge >= 0.3 is 0 Å². The Balaban J connectivity index is 2.45. The Kier molecular flexibility index (Phi) is 16.2. The van der Waals surface area contributed by atoms with E-state index in [2.05, 4.69) is 38.8 Å². The summed E-state index contributed by atoms with van der Waals surface area (Å²) in [5.41, 5.74) is 0.792. The van der Waals surface area contributed by atoms with E-state index in [0.717, 1.165) is 24.8 Å². The summed E-state index contributed by atoms with van der Waals surface area (Å²) < 4.78 is 0. The second-order valence-corrected chi connectivity index (χ2v) is 13.0. The fraction of sp³-hybridized carbons (Fsp3) is 0.647. The molecule has 0 bridgehead atoms. The van der Waals surface area contributed by atoms with Gasteiger partial charge in [-0.05, 0) is 43.6 Å². The molecule has 0 unspecified atom stereocenters. The number of unbranched alkanes of at least 4 members (excludes halogenated alkanes) is 3. The summed E-state index contributed by atoms with van der Waals surface area (Å²) in [6.45, 7) is 10.9. The lowest BCUT2D eigenvalue weighted by molar-refractivity contribution is -0.136. The number of rotatable bonds is 12. The molecule has 5 atom stereocenters. The number of amides is 6. The maximum Gasteiger partial charge on any atom is 0.245 e. The molecule has 1 aromatic carbocycles. The summed E-state index contributed by atoms with van der Waals surface area (Å²) in [5, 5.41) is 16.4. The lowest BCUT2D eigenvalue weighted by Crippen LogP contribution is -2.61. The molecule has 1 aliphatic rings. The molecule has 1 aromatic rings. The molecule has 1 aliphatic heterocycles. The second kappa shape index (κ2) is 19.5. The minimum absolute atomic E-state index is 0.00722. The van der Waals surface area contributed by atoms with Crippen LogP contribution in [0, 0.1) is 11.8 Å². The van der Waals surface area contributed by atoms with Crippen LogP contribution >= 0.6 is 0 Å². The summed E-state index contributed by atoms with van der Waals surface area (Å²) in [7, 11) is 0. The van der Waals surface area contributed by atoms with E-state index < -0.39 is 59.7 Å². The number of nitrogens with one attached hydrogen (secondary N) is 6. The normalized spacial score (nSPS) is 23.7. The summed E-state index contributed by atoms with van der Waals surface area (Å²) in [6, 6.07) is 3.93. The number of hydrogen-bond acceptors (Lipinski definition) is 6. The van der Waals surface area contributed by atoms with Crippen molar-refractivity contribution in [2.24, 2.45) is 11.8 Å². The molecule has 1 fully saturated rings. The van der Waals surface area contributed by atoms with Crippen molar-refractivity contribution in [3.63, 3.8) is 0 Å². The smallest absolute Gasteiger partial charge is 0.245 e. The molecule has 0 aliphatic carbocycles. The van der Waals surface area contributed by atoms with Crippen molar-refractivity contribution in [1.29, 1.82) is 0 Å². The summed E-state index contributed by atoms with van der Waals surface area (Å²) in [6.07, 6.45) is 4.46. The van der Waals surface area contributed by atoms with E-state index in [0.29, 0.717) is 12.8 Å². The number of carbonyl (C=O) groups is 6. The van der Waals surface area contributed by atoms with E-state index in [1.807, 2.05) is 58.0 Å². The molecular weight excluding hydrogens is 588 g/mol. The van der Waals surface area contributed by atoms with E-state index in [1.165, 1.54) is 6.92 Å². The summed E-state index contributed by atoms with van der Waals surface area (Å²) in [4.78, 5) is 80.2. The van der Waals surface area contributed by atoms with Gasteiger partial charge in [-0.15, -0.1) is 0 Å². The van der Waals surface area contributed by atoms with Crippen molar-refractivity contribution in [1.82, 2.24) is 31.9 Å². The van der Waals surface area contributed by atoms with Crippen LogP contribution in [0.25, 0.3) is 0 Å². The average molecular weight is 643 g/mol. The van der Waals surface area contributed by atoms with Crippen LogP contribution in [0.15, 0.2) is 30.3 Å². The summed E-state index contributed by atoms with van der Waals surface area (Å²) in [5.74, 6) is -3.20. The van der Waals surface area contributed by atoms with Crippen LogP contribution in [0.4, 0.5) is 0 Å². The van der Waals surface area contributed by atoms with Crippen molar-refractivity contribution >= 4 is 35.4 Å². The van der Waals surface area contributed by atoms with Gasteiger partial charge < -0.3 is 31.9 Å². The van der Waals surface area contributed by atoms with Crippen LogP contribution < -0.4 is 31.9 Å². The van der Waals surface area contributed by atoms with Gasteiger partial charge in [0.05, 0.1) is 0 Å². The molecule has 6 N–H and O–H groups in total. The van der Waals surface area contributed by atoms with Gasteiger partial charge in [0.2, 0.25) is 35.4 Å². The van der Waals surface area contributed by atoms with Crippen molar-refractivity contribution in [2.45, 2.75) is 123 Å². The topological polar surface area (TPSA) is 175 Å². The van der Waals surface area contributed by atoms with Gasteiger partial charge in [-0.25, -0.2) is 0 Å². The zero-order valence-electron chi connectivity index (χ0n) is 28.2. The molecule has 12 nitrogen and oxygen atoms in total. The highest BCUT2D eigenvalue weighted by Gasteiger charge is 2.33. The van der Waals surface area contributed by atoms with E-state index >= 15 is 0 Å². The largest absolute Gasteiger partial charge is 0.352 e. The predicted molar refractivity (Wildman–Crippen MR) is 176 cm³/mol. The first-order chi connectivity index (χ1) is 21.8. The van der Waals surface area contributed by atoms with Crippen molar-refractivity contribution in [3.05, 3.63) is 35.9 Å². The molecular formula is C34H54N6O6. The average Bonchev–Trinajstić information content (AvgIpc) is 2.99. The minimum atomic E-state index is -1.18. The molecule has 0 aromatic heterocycles. The highest BCUT2D eigenvalue weighted by molar-refractivity contribution is 5.97. The Bertz CT molecular complexity index is 1170. The predicted octanol–water partition coefficient (Wildman–Crippen LogP) is 1.87. The zero-order chi connectivity index (χ0) is 34.2. The lowest BCUT2D eigenvalue weighted by Gasteiger charge is -2.29. The molecule has 0 radical (unpaired) electrons. The van der Waals surface area contributed by atoms with Crippen LogP contribution in [0.1, 0.15) is 92.1 Å². The Hall–Kier alpha value is -3.96. The van der Waals surface area contributed by atoms with E-state index in [9.17, 15) is 28.8 Å². The Morgan fingerprint density at radius 1 is 0.739 bits per heavy atom. The molecule has 2 rings (SSSR count). The van der Waals surface area contributed by atoms with Crippen molar-refractivity contribution in [3.8, 4) is 0 Å². The Morgan fingerprint density at radius 3 is 1.89 bits per heavy atom. The number of benzene rings is 1. The van der Waals surface area contributed by atoms with Crippen LogP contribution in [-0.2, 0) is 35.2 Å². The highest BCUT2D eigenvalue weighted by atomic mass is 16.2. The van der Waals surface area contributed by atoms with Gasteiger partial charge in [-0.1, -0.05) is 84.2 Å². The van der Waals surface area contributed by atoms with Crippen molar-refractivity contribution < 1.29 is 28.8 Å². The first-order valence-electron chi connectivity index (χ1n) is 16.6. The first kappa shape index (κ1) is 38.2. The third-order valence-electron chi connectivity index (χ3n) is 7.74. The molecule has 1 saturated heterocycles. The number of carbonyl (C=O) groups excluding carboxylic acids is 6. The van der Waals surface area contributed by atoms with Gasteiger partial charge in [0, 0.05) is 19.4 Å². The number of hydrogen-bond donors (Lipinski definition) is 6. The minimum Gasteiger partial charge on any atom is -0.352 e. The molecule has 256 valence electrons. The SMILES string of the molecule is CCCCCCC(=O)N[C@H]1CNC(=O)[C@H](Cc2ccccc2)NC(=O)[C@H](C)NC(=O)[C@H](CC(C)C)NC(=O)[C@H](CC(C)C)NC1=O. The maximum absolute atomic E-state index is 13.6. The highest BCUT2D eigenvalue weighted by Crippen LogP contribution is 2.11. The quantitative estimate of drug-likeness (QED) is 0.190. The fourth-order valence-electron chi connectivity index (χ4n) is 5.20. The third kappa shape index (κ3) is 13.6. The molecule has 12 heteroatoms. The molecule has 1 heterocycles. The van der Waals surface area contributed by atoms with Crippen LogP contribution in [-0.4, -0.2) is 72.2 Å². The van der Waals surface area contributed by atoms with Crippen LogP contribution in [0.5, 0.6) is 0 Å². The van der Waals surface area contributed by atoms with Gasteiger partial charge in [-0.3, -0.25) is 28.8 Å². The molecule has 0 saturated carbocycles.